The Morgan fingerprint density at radius 1 is 1.42 bits per heavy atom. The van der Waals surface area contributed by atoms with Gasteiger partial charge in [0.15, 0.2) is 9.84 Å². The number of carbonyl (C=O) groups excluding carboxylic acids is 1. The molecule has 5 nitrogen and oxygen atoms in total. The average Bonchev–Trinajstić information content (AvgIpc) is 2.28. The smallest absolute Gasteiger partial charge is 0.238 e. The van der Waals surface area contributed by atoms with Crippen molar-refractivity contribution in [2.24, 2.45) is 5.73 Å². The van der Waals surface area contributed by atoms with E-state index in [4.69, 9.17) is 5.73 Å². The molecule has 2 N–H and O–H groups in total. The van der Waals surface area contributed by atoms with Gasteiger partial charge in [0.2, 0.25) is 5.91 Å². The second-order valence-electron chi connectivity index (χ2n) is 5.10. The lowest BCUT2D eigenvalue weighted by Crippen LogP contribution is -2.53. The molecule has 1 saturated heterocycles. The first kappa shape index (κ1) is 18.7. The van der Waals surface area contributed by atoms with E-state index < -0.39 is 9.84 Å². The van der Waals surface area contributed by atoms with Crippen molar-refractivity contribution in [1.82, 2.24) is 4.90 Å². The summed E-state index contributed by atoms with van der Waals surface area (Å²) in [5.41, 5.74) is 5.87. The fraction of sp³-hybridized carbons (Fsp3) is 0.917. The zero-order valence-electron chi connectivity index (χ0n) is 11.7. The van der Waals surface area contributed by atoms with Crippen LogP contribution in [0.25, 0.3) is 0 Å². The molecule has 0 aromatic carbocycles. The SMILES string of the molecule is CCCS(=O)(=O)CC(=O)N1CCCCC1C(C)N.Cl. The predicted molar refractivity (Wildman–Crippen MR) is 79.2 cm³/mol. The highest BCUT2D eigenvalue weighted by Gasteiger charge is 2.31. The molecule has 2 unspecified atom stereocenters. The molecule has 1 fully saturated rings. The number of sulfone groups is 1. The number of carbonyl (C=O) groups is 1. The number of hydrogen-bond acceptors (Lipinski definition) is 4. The lowest BCUT2D eigenvalue weighted by atomic mass is 9.97. The van der Waals surface area contributed by atoms with Crippen LogP contribution in [0.3, 0.4) is 0 Å². The second kappa shape index (κ2) is 8.07. The maximum atomic E-state index is 12.1. The van der Waals surface area contributed by atoms with Crippen LogP contribution in [0.4, 0.5) is 0 Å². The van der Waals surface area contributed by atoms with Gasteiger partial charge in [-0.2, -0.15) is 0 Å². The van der Waals surface area contributed by atoms with Crippen molar-refractivity contribution < 1.29 is 13.2 Å². The van der Waals surface area contributed by atoms with Gasteiger partial charge in [-0.05, 0) is 32.6 Å². The largest absolute Gasteiger partial charge is 0.337 e. The van der Waals surface area contributed by atoms with Crippen molar-refractivity contribution in [2.45, 2.75) is 51.6 Å². The normalized spacial score (nSPS) is 21.6. The highest BCUT2D eigenvalue weighted by molar-refractivity contribution is 7.92. The van der Waals surface area contributed by atoms with Gasteiger partial charge in [-0.15, -0.1) is 12.4 Å². The molecule has 0 saturated carbocycles. The minimum Gasteiger partial charge on any atom is -0.337 e. The molecular formula is C12H25ClN2O3S. The summed E-state index contributed by atoms with van der Waals surface area (Å²) >= 11 is 0. The molecule has 1 rings (SSSR count). The zero-order chi connectivity index (χ0) is 13.8. The maximum absolute atomic E-state index is 12.1. The van der Waals surface area contributed by atoms with E-state index in [-0.39, 0.29) is 41.9 Å². The minimum absolute atomic E-state index is 0. The number of hydrogen-bond donors (Lipinski definition) is 1. The average molecular weight is 313 g/mol. The Kier molecular flexibility index (Phi) is 7.93. The quantitative estimate of drug-likeness (QED) is 0.820. The summed E-state index contributed by atoms with van der Waals surface area (Å²) in [5.74, 6) is -0.579. The molecule has 114 valence electrons. The zero-order valence-corrected chi connectivity index (χ0v) is 13.3. The maximum Gasteiger partial charge on any atom is 0.238 e. The minimum atomic E-state index is -3.26. The van der Waals surface area contributed by atoms with E-state index >= 15 is 0 Å². The Balaban J connectivity index is 0.00000324. The highest BCUT2D eigenvalue weighted by atomic mass is 35.5. The number of nitrogens with two attached hydrogens (primary N) is 1. The third-order valence-electron chi connectivity index (χ3n) is 3.34. The van der Waals surface area contributed by atoms with Gasteiger partial charge >= 0.3 is 0 Å². The standard InChI is InChI=1S/C12H24N2O3S.ClH/c1-3-8-18(16,17)9-12(15)14-7-5-4-6-11(14)10(2)13;/h10-11H,3-9,13H2,1-2H3;1H. The topological polar surface area (TPSA) is 80.5 Å². The van der Waals surface area contributed by atoms with E-state index in [1.165, 1.54) is 0 Å². The van der Waals surface area contributed by atoms with Crippen molar-refractivity contribution in [3.8, 4) is 0 Å². The van der Waals surface area contributed by atoms with Gasteiger partial charge in [0.1, 0.15) is 5.75 Å². The molecule has 1 heterocycles. The lowest BCUT2D eigenvalue weighted by Gasteiger charge is -2.38. The molecule has 1 amide bonds. The summed E-state index contributed by atoms with van der Waals surface area (Å²) in [6, 6.07) is -0.119. The van der Waals surface area contributed by atoms with Crippen LogP contribution >= 0.6 is 12.4 Å². The van der Waals surface area contributed by atoms with Crippen molar-refractivity contribution in [3.63, 3.8) is 0 Å². The van der Waals surface area contributed by atoms with E-state index in [0.29, 0.717) is 13.0 Å². The van der Waals surface area contributed by atoms with Crippen LogP contribution in [-0.2, 0) is 14.6 Å². The third kappa shape index (κ3) is 5.67. The van der Waals surface area contributed by atoms with E-state index in [2.05, 4.69) is 0 Å². The van der Waals surface area contributed by atoms with Gasteiger partial charge in [-0.3, -0.25) is 4.79 Å². The summed E-state index contributed by atoms with van der Waals surface area (Å²) in [5, 5.41) is 0. The Morgan fingerprint density at radius 2 is 2.05 bits per heavy atom. The molecule has 0 aliphatic carbocycles. The van der Waals surface area contributed by atoms with E-state index in [1.54, 1.807) is 11.8 Å². The summed E-state index contributed by atoms with van der Waals surface area (Å²) in [7, 11) is -3.26. The molecule has 0 radical (unpaired) electrons. The van der Waals surface area contributed by atoms with Gasteiger partial charge in [0.25, 0.3) is 0 Å². The molecule has 19 heavy (non-hydrogen) atoms. The van der Waals surface area contributed by atoms with E-state index in [0.717, 1.165) is 19.3 Å². The number of amides is 1. The molecule has 1 aliphatic rings. The molecule has 1 aliphatic heterocycles. The van der Waals surface area contributed by atoms with Crippen LogP contribution in [-0.4, -0.2) is 49.4 Å². The number of likely N-dealkylation sites (tertiary alicyclic amines) is 1. The van der Waals surface area contributed by atoms with Gasteiger partial charge in [-0.25, -0.2) is 8.42 Å². The van der Waals surface area contributed by atoms with Crippen LogP contribution in [0, 0.1) is 0 Å². The van der Waals surface area contributed by atoms with E-state index in [1.807, 2.05) is 6.92 Å². The Morgan fingerprint density at radius 3 is 2.58 bits per heavy atom. The van der Waals surface area contributed by atoms with Crippen molar-refractivity contribution in [3.05, 3.63) is 0 Å². The molecule has 7 heteroatoms. The first-order valence-electron chi connectivity index (χ1n) is 6.63. The molecular weight excluding hydrogens is 288 g/mol. The summed E-state index contributed by atoms with van der Waals surface area (Å²) in [4.78, 5) is 13.8. The first-order valence-corrected chi connectivity index (χ1v) is 8.45. The summed E-state index contributed by atoms with van der Waals surface area (Å²) in [6.07, 6.45) is 3.41. The molecule has 2 atom stereocenters. The van der Waals surface area contributed by atoms with Crippen LogP contribution in [0.2, 0.25) is 0 Å². The van der Waals surface area contributed by atoms with Crippen LogP contribution in [0.15, 0.2) is 0 Å². The fourth-order valence-corrected chi connectivity index (χ4v) is 3.78. The van der Waals surface area contributed by atoms with Crippen molar-refractivity contribution >= 4 is 28.2 Å². The number of rotatable bonds is 5. The van der Waals surface area contributed by atoms with Crippen LogP contribution in [0.1, 0.15) is 39.5 Å². The third-order valence-corrected chi connectivity index (χ3v) is 5.05. The summed E-state index contributed by atoms with van der Waals surface area (Å²) < 4.78 is 23.4. The van der Waals surface area contributed by atoms with Gasteiger partial charge in [0, 0.05) is 18.6 Å². The molecule has 0 aromatic rings. The van der Waals surface area contributed by atoms with E-state index in [9.17, 15) is 13.2 Å². The van der Waals surface area contributed by atoms with Crippen LogP contribution < -0.4 is 5.73 Å². The highest BCUT2D eigenvalue weighted by Crippen LogP contribution is 2.19. The predicted octanol–water partition coefficient (Wildman–Crippen LogP) is 0.961. The van der Waals surface area contributed by atoms with Crippen molar-refractivity contribution in [2.75, 3.05) is 18.1 Å². The molecule has 0 bridgehead atoms. The van der Waals surface area contributed by atoms with Gasteiger partial charge < -0.3 is 10.6 Å². The molecule has 0 aromatic heterocycles. The molecule has 0 spiro atoms. The van der Waals surface area contributed by atoms with Crippen molar-refractivity contribution in [1.29, 1.82) is 0 Å². The summed E-state index contributed by atoms with van der Waals surface area (Å²) in [6.45, 7) is 4.30. The number of nitrogens with zero attached hydrogens (tertiary/aromatic N) is 1. The Bertz CT molecular complexity index is 384. The first-order chi connectivity index (χ1) is 8.37. The number of halogens is 1. The van der Waals surface area contributed by atoms with Gasteiger partial charge in [-0.1, -0.05) is 6.92 Å². The Hall–Kier alpha value is -0.330. The second-order valence-corrected chi connectivity index (χ2v) is 7.29. The fourth-order valence-electron chi connectivity index (χ4n) is 2.47. The van der Waals surface area contributed by atoms with Gasteiger partial charge in [0.05, 0.1) is 5.75 Å². The lowest BCUT2D eigenvalue weighted by molar-refractivity contribution is -0.132. The Labute approximate surface area is 122 Å². The monoisotopic (exact) mass is 312 g/mol. The van der Waals surface area contributed by atoms with Crippen LogP contribution in [0.5, 0.6) is 0 Å². The number of piperidine rings is 1.